The smallest absolute Gasteiger partial charge is 0.191 e. The number of nitrogens with zero attached hydrogens (tertiary/aromatic N) is 3. The number of benzene rings is 1. The molecule has 0 saturated carbocycles. The molecule has 1 heterocycles. The fraction of sp³-hybridized carbons (Fsp3) is 0.545. The van der Waals surface area contributed by atoms with Crippen molar-refractivity contribution in [1.82, 2.24) is 20.4 Å². The topological polar surface area (TPSA) is 81.9 Å². The molecule has 1 aromatic carbocycles. The summed E-state index contributed by atoms with van der Waals surface area (Å²) in [4.78, 5) is 4.34. The van der Waals surface area contributed by atoms with Crippen molar-refractivity contribution in [2.24, 2.45) is 4.99 Å². The minimum atomic E-state index is 0.519. The summed E-state index contributed by atoms with van der Waals surface area (Å²) in [6, 6.07) is 6.20. The zero-order chi connectivity index (χ0) is 21.9. The van der Waals surface area contributed by atoms with Gasteiger partial charge in [0.25, 0.3) is 0 Å². The third-order valence-electron chi connectivity index (χ3n) is 4.91. The van der Waals surface area contributed by atoms with Crippen LogP contribution in [0.15, 0.2) is 23.2 Å². The molecule has 0 bridgehead atoms. The lowest BCUT2D eigenvalue weighted by Gasteiger charge is -2.15. The summed E-state index contributed by atoms with van der Waals surface area (Å²) < 4.78 is 18.1. The van der Waals surface area contributed by atoms with E-state index in [1.165, 1.54) is 5.56 Å². The van der Waals surface area contributed by atoms with Crippen LogP contribution in [0.4, 0.5) is 0 Å². The molecule has 8 heteroatoms. The second kappa shape index (κ2) is 12.2. The number of hydrogen-bond acceptors (Lipinski definition) is 5. The summed E-state index contributed by atoms with van der Waals surface area (Å²) in [6.45, 7) is 9.88. The van der Waals surface area contributed by atoms with E-state index in [0.717, 1.165) is 40.8 Å². The molecule has 0 aliphatic rings. The highest BCUT2D eigenvalue weighted by Gasteiger charge is 2.12. The highest BCUT2D eigenvalue weighted by Crippen LogP contribution is 2.20. The van der Waals surface area contributed by atoms with Crippen LogP contribution in [0.1, 0.15) is 28.1 Å². The van der Waals surface area contributed by atoms with Crippen LogP contribution in [-0.2, 0) is 29.1 Å². The molecule has 30 heavy (non-hydrogen) atoms. The molecule has 1 aromatic heterocycles. The first-order valence-electron chi connectivity index (χ1n) is 10.2. The van der Waals surface area contributed by atoms with Gasteiger partial charge in [-0.15, -0.1) is 0 Å². The Kier molecular flexibility index (Phi) is 9.63. The van der Waals surface area contributed by atoms with Crippen molar-refractivity contribution in [1.29, 1.82) is 0 Å². The summed E-state index contributed by atoms with van der Waals surface area (Å²) in [6.07, 6.45) is 0. The molecule has 166 valence electrons. The molecule has 0 spiro atoms. The Labute approximate surface area is 179 Å². The third kappa shape index (κ3) is 6.74. The van der Waals surface area contributed by atoms with E-state index in [1.54, 1.807) is 21.3 Å². The number of methoxy groups -OCH3 is 2. The number of hydrogen-bond donors (Lipinski definition) is 2. The number of rotatable bonds is 11. The van der Waals surface area contributed by atoms with Crippen molar-refractivity contribution < 1.29 is 14.2 Å². The Morgan fingerprint density at radius 3 is 2.47 bits per heavy atom. The molecule has 2 aromatic rings. The zero-order valence-corrected chi connectivity index (χ0v) is 19.0. The molecule has 8 nitrogen and oxygen atoms in total. The summed E-state index contributed by atoms with van der Waals surface area (Å²) in [7, 11) is 5.14. The molecule has 0 fully saturated rings. The first-order valence-corrected chi connectivity index (χ1v) is 10.2. The average Bonchev–Trinajstić information content (AvgIpc) is 3.00. The van der Waals surface area contributed by atoms with E-state index < -0.39 is 0 Å². The second-order valence-corrected chi connectivity index (χ2v) is 7.10. The maximum Gasteiger partial charge on any atom is 0.191 e. The lowest BCUT2D eigenvalue weighted by Crippen LogP contribution is -2.36. The van der Waals surface area contributed by atoms with E-state index in [1.807, 2.05) is 17.7 Å². The van der Waals surface area contributed by atoms with Crippen LogP contribution < -0.4 is 15.4 Å². The minimum Gasteiger partial charge on any atom is -0.491 e. The molecule has 0 aliphatic carbocycles. The fourth-order valence-corrected chi connectivity index (χ4v) is 3.13. The van der Waals surface area contributed by atoms with Gasteiger partial charge in [0.1, 0.15) is 12.4 Å². The highest BCUT2D eigenvalue weighted by molar-refractivity contribution is 5.79. The number of aryl methyl sites for hydroxylation is 2. The number of guanidine groups is 1. The minimum absolute atomic E-state index is 0.519. The van der Waals surface area contributed by atoms with Gasteiger partial charge in [-0.2, -0.15) is 5.10 Å². The van der Waals surface area contributed by atoms with Crippen molar-refractivity contribution >= 4 is 5.96 Å². The maximum absolute atomic E-state index is 5.87. The lowest BCUT2D eigenvalue weighted by molar-refractivity contribution is 0.145. The normalized spacial score (nSPS) is 11.6. The van der Waals surface area contributed by atoms with Crippen LogP contribution in [0.5, 0.6) is 5.75 Å². The van der Waals surface area contributed by atoms with Gasteiger partial charge < -0.3 is 24.8 Å². The molecular weight excluding hydrogens is 382 g/mol. The van der Waals surface area contributed by atoms with Crippen molar-refractivity contribution in [2.45, 2.75) is 40.4 Å². The van der Waals surface area contributed by atoms with E-state index >= 15 is 0 Å². The van der Waals surface area contributed by atoms with E-state index in [2.05, 4.69) is 46.7 Å². The van der Waals surface area contributed by atoms with Gasteiger partial charge in [0.05, 0.1) is 25.5 Å². The van der Waals surface area contributed by atoms with Gasteiger partial charge in [0.2, 0.25) is 0 Å². The van der Waals surface area contributed by atoms with Crippen LogP contribution in [0.25, 0.3) is 0 Å². The molecule has 0 atom stereocenters. The Bertz CT molecular complexity index is 832. The average molecular weight is 418 g/mol. The zero-order valence-electron chi connectivity index (χ0n) is 19.0. The molecule has 0 radical (unpaired) electrons. The van der Waals surface area contributed by atoms with Crippen LogP contribution in [0.3, 0.4) is 0 Å². The predicted octanol–water partition coefficient (Wildman–Crippen LogP) is 2.35. The van der Waals surface area contributed by atoms with Crippen LogP contribution in [-0.4, -0.2) is 56.8 Å². The monoisotopic (exact) mass is 417 g/mol. The molecular formula is C22H35N5O3. The van der Waals surface area contributed by atoms with Crippen molar-refractivity contribution in [3.8, 4) is 5.75 Å². The van der Waals surface area contributed by atoms with E-state index in [4.69, 9.17) is 14.2 Å². The molecule has 2 rings (SSSR count). The SMILES string of the molecule is CN=C(NCc1ccc(C)cc1OCCOC)NCc1c(C)nn(CCOC)c1C. The van der Waals surface area contributed by atoms with Crippen LogP contribution >= 0.6 is 0 Å². The van der Waals surface area contributed by atoms with Crippen LogP contribution in [0.2, 0.25) is 0 Å². The Hall–Kier alpha value is -2.58. The standard InChI is InChI=1S/C22H35N5O3/c1-16-7-8-19(21(13-16)30-12-11-29-6)14-24-22(23-4)25-15-20-17(2)26-27(18(20)3)9-10-28-5/h7-8,13H,9-12,14-15H2,1-6H3,(H2,23,24,25). The molecule has 2 N–H and O–H groups in total. The summed E-state index contributed by atoms with van der Waals surface area (Å²) >= 11 is 0. The largest absolute Gasteiger partial charge is 0.491 e. The third-order valence-corrected chi connectivity index (χ3v) is 4.91. The summed E-state index contributed by atoms with van der Waals surface area (Å²) in [5.74, 6) is 1.59. The van der Waals surface area contributed by atoms with Gasteiger partial charge in [-0.25, -0.2) is 0 Å². The van der Waals surface area contributed by atoms with Gasteiger partial charge in [0.15, 0.2) is 5.96 Å². The van der Waals surface area contributed by atoms with Gasteiger partial charge in [-0.1, -0.05) is 12.1 Å². The second-order valence-electron chi connectivity index (χ2n) is 7.10. The van der Waals surface area contributed by atoms with Crippen molar-refractivity contribution in [2.75, 3.05) is 41.1 Å². The first-order chi connectivity index (χ1) is 14.5. The highest BCUT2D eigenvalue weighted by atomic mass is 16.5. The van der Waals surface area contributed by atoms with Gasteiger partial charge in [-0.05, 0) is 32.4 Å². The predicted molar refractivity (Wildman–Crippen MR) is 119 cm³/mol. The summed E-state index contributed by atoms with van der Waals surface area (Å²) in [5, 5.41) is 11.4. The molecule has 0 unspecified atom stereocenters. The number of aliphatic imine (C=N–C) groups is 1. The quantitative estimate of drug-likeness (QED) is 0.332. The van der Waals surface area contributed by atoms with Crippen molar-refractivity contribution in [3.05, 3.63) is 46.3 Å². The molecule has 0 saturated heterocycles. The summed E-state index contributed by atoms with van der Waals surface area (Å²) in [5.41, 5.74) is 5.55. The maximum atomic E-state index is 5.87. The van der Waals surface area contributed by atoms with Gasteiger partial charge in [0, 0.05) is 51.2 Å². The Balaban J connectivity index is 1.97. The molecule has 0 aliphatic heterocycles. The van der Waals surface area contributed by atoms with E-state index in [-0.39, 0.29) is 0 Å². The number of aromatic nitrogens is 2. The number of nitrogens with one attached hydrogen (secondary N) is 2. The van der Waals surface area contributed by atoms with Gasteiger partial charge in [-0.3, -0.25) is 9.67 Å². The molecule has 0 amide bonds. The van der Waals surface area contributed by atoms with Crippen LogP contribution in [0, 0.1) is 20.8 Å². The first kappa shape index (κ1) is 23.7. The van der Waals surface area contributed by atoms with Crippen molar-refractivity contribution in [3.63, 3.8) is 0 Å². The number of ether oxygens (including phenoxy) is 3. The van der Waals surface area contributed by atoms with Gasteiger partial charge >= 0.3 is 0 Å². The lowest BCUT2D eigenvalue weighted by atomic mass is 10.1. The Morgan fingerprint density at radius 1 is 1.03 bits per heavy atom. The van der Waals surface area contributed by atoms with E-state index in [0.29, 0.717) is 32.9 Å². The van der Waals surface area contributed by atoms with E-state index in [9.17, 15) is 0 Å². The Morgan fingerprint density at radius 2 is 1.77 bits per heavy atom. The fourth-order valence-electron chi connectivity index (χ4n) is 3.13.